The van der Waals surface area contributed by atoms with E-state index < -0.39 is 0 Å². The molecule has 20 heavy (non-hydrogen) atoms. The van der Waals surface area contributed by atoms with E-state index in [-0.39, 0.29) is 16.7 Å². The molecule has 0 radical (unpaired) electrons. The summed E-state index contributed by atoms with van der Waals surface area (Å²) in [4.78, 5) is 10.6. The molecular weight excluding hydrogens is 256 g/mol. The SMILES string of the molecule is CCCNc1cc(OC2CCCCC2)cc([N+](=O)[O-])c1. The van der Waals surface area contributed by atoms with Gasteiger partial charge in [0.2, 0.25) is 0 Å². The molecule has 2 rings (SSSR count). The van der Waals surface area contributed by atoms with Gasteiger partial charge in [0.05, 0.1) is 17.1 Å². The zero-order valence-corrected chi connectivity index (χ0v) is 11.9. The van der Waals surface area contributed by atoms with Crippen LogP contribution in [0.2, 0.25) is 0 Å². The predicted octanol–water partition coefficient (Wildman–Crippen LogP) is 4.13. The minimum atomic E-state index is -0.370. The van der Waals surface area contributed by atoms with Crippen LogP contribution in [0.25, 0.3) is 0 Å². The van der Waals surface area contributed by atoms with Crippen LogP contribution >= 0.6 is 0 Å². The summed E-state index contributed by atoms with van der Waals surface area (Å²) in [6, 6.07) is 4.94. The first-order valence-corrected chi connectivity index (χ1v) is 7.39. The maximum absolute atomic E-state index is 11.0. The van der Waals surface area contributed by atoms with E-state index in [0.29, 0.717) is 5.75 Å². The van der Waals surface area contributed by atoms with Crippen LogP contribution in [-0.4, -0.2) is 17.6 Å². The number of benzene rings is 1. The van der Waals surface area contributed by atoms with Gasteiger partial charge in [0.25, 0.3) is 5.69 Å². The number of hydrogen-bond acceptors (Lipinski definition) is 4. The van der Waals surface area contributed by atoms with E-state index in [1.807, 2.05) is 6.07 Å². The summed E-state index contributed by atoms with van der Waals surface area (Å²) in [6.07, 6.45) is 6.88. The van der Waals surface area contributed by atoms with Gasteiger partial charge in [-0.25, -0.2) is 0 Å². The highest BCUT2D eigenvalue weighted by Gasteiger charge is 2.17. The molecule has 0 atom stereocenters. The Morgan fingerprint density at radius 3 is 2.70 bits per heavy atom. The molecule has 1 fully saturated rings. The summed E-state index contributed by atoms with van der Waals surface area (Å²) >= 11 is 0. The molecule has 5 nitrogen and oxygen atoms in total. The van der Waals surface area contributed by atoms with Gasteiger partial charge < -0.3 is 10.1 Å². The second kappa shape index (κ2) is 7.12. The number of hydrogen-bond donors (Lipinski definition) is 1. The zero-order chi connectivity index (χ0) is 14.4. The summed E-state index contributed by atoms with van der Waals surface area (Å²) < 4.78 is 5.92. The van der Waals surface area contributed by atoms with E-state index in [1.54, 1.807) is 6.07 Å². The fourth-order valence-corrected chi connectivity index (χ4v) is 2.50. The Morgan fingerprint density at radius 2 is 2.05 bits per heavy atom. The van der Waals surface area contributed by atoms with Crippen molar-refractivity contribution in [1.82, 2.24) is 0 Å². The lowest BCUT2D eigenvalue weighted by Gasteiger charge is -2.23. The van der Waals surface area contributed by atoms with Gasteiger partial charge in [-0.1, -0.05) is 13.3 Å². The molecular formula is C15H22N2O3. The highest BCUT2D eigenvalue weighted by Crippen LogP contribution is 2.29. The molecule has 110 valence electrons. The van der Waals surface area contributed by atoms with Crippen LogP contribution in [-0.2, 0) is 0 Å². The van der Waals surface area contributed by atoms with Crippen molar-refractivity contribution in [2.45, 2.75) is 51.6 Å². The minimum absolute atomic E-state index is 0.0805. The van der Waals surface area contributed by atoms with Gasteiger partial charge in [-0.3, -0.25) is 10.1 Å². The molecule has 1 N–H and O–H groups in total. The van der Waals surface area contributed by atoms with Crippen LogP contribution in [0.1, 0.15) is 45.4 Å². The van der Waals surface area contributed by atoms with Crippen molar-refractivity contribution < 1.29 is 9.66 Å². The molecule has 0 bridgehead atoms. The molecule has 0 aliphatic heterocycles. The van der Waals surface area contributed by atoms with Gasteiger partial charge in [0.15, 0.2) is 0 Å². The molecule has 0 heterocycles. The lowest BCUT2D eigenvalue weighted by molar-refractivity contribution is -0.384. The van der Waals surface area contributed by atoms with Crippen LogP contribution < -0.4 is 10.1 Å². The molecule has 0 unspecified atom stereocenters. The summed E-state index contributed by atoms with van der Waals surface area (Å²) in [5, 5.41) is 14.2. The van der Waals surface area contributed by atoms with Crippen LogP contribution in [0.5, 0.6) is 5.75 Å². The van der Waals surface area contributed by atoms with Crippen molar-refractivity contribution >= 4 is 11.4 Å². The number of nitrogens with zero attached hydrogens (tertiary/aromatic N) is 1. The molecule has 0 saturated heterocycles. The van der Waals surface area contributed by atoms with E-state index in [1.165, 1.54) is 25.3 Å². The van der Waals surface area contributed by atoms with Gasteiger partial charge in [0, 0.05) is 24.4 Å². The quantitative estimate of drug-likeness (QED) is 0.627. The second-order valence-corrected chi connectivity index (χ2v) is 5.28. The number of rotatable bonds is 6. The third kappa shape index (κ3) is 4.11. The lowest BCUT2D eigenvalue weighted by atomic mass is 9.98. The molecule has 0 spiro atoms. The Labute approximate surface area is 119 Å². The Morgan fingerprint density at radius 1 is 1.30 bits per heavy atom. The van der Waals surface area contributed by atoms with Gasteiger partial charge in [-0.15, -0.1) is 0 Å². The number of anilines is 1. The maximum atomic E-state index is 11.0. The fraction of sp³-hybridized carbons (Fsp3) is 0.600. The fourth-order valence-electron chi connectivity index (χ4n) is 2.50. The van der Waals surface area contributed by atoms with Crippen LogP contribution in [0.3, 0.4) is 0 Å². The smallest absolute Gasteiger partial charge is 0.275 e. The molecule has 1 saturated carbocycles. The van der Waals surface area contributed by atoms with Gasteiger partial charge >= 0.3 is 0 Å². The van der Waals surface area contributed by atoms with E-state index in [2.05, 4.69) is 12.2 Å². The first kappa shape index (κ1) is 14.6. The van der Waals surface area contributed by atoms with Crippen LogP contribution in [0.4, 0.5) is 11.4 Å². The third-order valence-electron chi connectivity index (χ3n) is 3.54. The first-order chi connectivity index (χ1) is 9.69. The van der Waals surface area contributed by atoms with E-state index in [9.17, 15) is 10.1 Å². The van der Waals surface area contributed by atoms with Gasteiger partial charge in [-0.05, 0) is 32.1 Å². The van der Waals surface area contributed by atoms with Crippen molar-refractivity contribution in [3.63, 3.8) is 0 Å². The monoisotopic (exact) mass is 278 g/mol. The lowest BCUT2D eigenvalue weighted by Crippen LogP contribution is -2.19. The highest BCUT2D eigenvalue weighted by atomic mass is 16.6. The zero-order valence-electron chi connectivity index (χ0n) is 11.9. The summed E-state index contributed by atoms with van der Waals surface area (Å²) in [7, 11) is 0. The van der Waals surface area contributed by atoms with Crippen molar-refractivity contribution in [1.29, 1.82) is 0 Å². The van der Waals surface area contributed by atoms with E-state index in [4.69, 9.17) is 4.74 Å². The molecule has 1 aliphatic rings. The molecule has 0 aromatic heterocycles. The van der Waals surface area contributed by atoms with Crippen molar-refractivity contribution in [3.8, 4) is 5.75 Å². The maximum Gasteiger partial charge on any atom is 0.275 e. The summed E-state index contributed by atoms with van der Waals surface area (Å²) in [6.45, 7) is 2.85. The predicted molar refractivity (Wildman–Crippen MR) is 79.4 cm³/mol. The number of nitrogens with one attached hydrogen (secondary N) is 1. The topological polar surface area (TPSA) is 64.4 Å². The molecule has 5 heteroatoms. The van der Waals surface area contributed by atoms with E-state index in [0.717, 1.165) is 31.5 Å². The second-order valence-electron chi connectivity index (χ2n) is 5.28. The minimum Gasteiger partial charge on any atom is -0.490 e. The normalized spacial score (nSPS) is 15.8. The molecule has 1 aromatic rings. The Kier molecular flexibility index (Phi) is 5.21. The van der Waals surface area contributed by atoms with Gasteiger partial charge in [0.1, 0.15) is 5.75 Å². The number of nitro benzene ring substituents is 1. The Hall–Kier alpha value is -1.78. The first-order valence-electron chi connectivity index (χ1n) is 7.39. The Balaban J connectivity index is 2.12. The molecule has 1 aliphatic carbocycles. The van der Waals surface area contributed by atoms with Crippen molar-refractivity contribution in [2.24, 2.45) is 0 Å². The standard InChI is InChI=1S/C15H22N2O3/c1-2-8-16-12-9-13(17(18)19)11-15(10-12)20-14-6-4-3-5-7-14/h9-11,14,16H,2-8H2,1H3. The molecule has 1 aromatic carbocycles. The summed E-state index contributed by atoms with van der Waals surface area (Å²) in [5.41, 5.74) is 0.837. The van der Waals surface area contributed by atoms with Crippen LogP contribution in [0.15, 0.2) is 18.2 Å². The Bertz CT molecular complexity index is 456. The summed E-state index contributed by atoms with van der Waals surface area (Å²) in [5.74, 6) is 0.602. The average Bonchev–Trinajstić information content (AvgIpc) is 2.46. The van der Waals surface area contributed by atoms with Crippen molar-refractivity contribution in [3.05, 3.63) is 28.3 Å². The highest BCUT2D eigenvalue weighted by molar-refractivity contribution is 5.56. The van der Waals surface area contributed by atoms with E-state index >= 15 is 0 Å². The number of nitro groups is 1. The van der Waals surface area contributed by atoms with Gasteiger partial charge in [-0.2, -0.15) is 0 Å². The number of ether oxygens (including phenoxy) is 1. The number of non-ortho nitro benzene ring substituents is 1. The van der Waals surface area contributed by atoms with Crippen molar-refractivity contribution in [2.75, 3.05) is 11.9 Å². The average molecular weight is 278 g/mol. The largest absolute Gasteiger partial charge is 0.490 e. The van der Waals surface area contributed by atoms with Crippen LogP contribution in [0, 0.1) is 10.1 Å². The third-order valence-corrected chi connectivity index (χ3v) is 3.54. The molecule has 0 amide bonds.